The Morgan fingerprint density at radius 1 is 1.06 bits per heavy atom. The molecule has 0 aromatic rings. The summed E-state index contributed by atoms with van der Waals surface area (Å²) in [7, 11) is 0. The zero-order chi connectivity index (χ0) is 13.6. The number of rotatable bonds is 12. The molecule has 0 saturated heterocycles. The van der Waals surface area contributed by atoms with E-state index in [4.69, 9.17) is 4.74 Å². The van der Waals surface area contributed by atoms with E-state index < -0.39 is 0 Å². The highest BCUT2D eigenvalue weighted by Crippen LogP contribution is 2.15. The largest absolute Gasteiger partial charge is 0.435 e. The van der Waals surface area contributed by atoms with Crippen LogP contribution in [0.3, 0.4) is 0 Å². The first-order valence-electron chi connectivity index (χ1n) is 7.20. The number of carbonyl (C=O) groups excluding carboxylic acids is 1. The van der Waals surface area contributed by atoms with Crippen LogP contribution in [0.4, 0.5) is 0 Å². The SMILES string of the molecule is C=COC(=O)C(C=C)CCCCCCCCCC. The molecular weight excluding hydrogens is 224 g/mol. The smallest absolute Gasteiger partial charge is 0.317 e. The van der Waals surface area contributed by atoms with Crippen LogP contribution < -0.4 is 0 Å². The van der Waals surface area contributed by atoms with Gasteiger partial charge in [-0.1, -0.05) is 70.9 Å². The number of carbonyl (C=O) groups is 1. The van der Waals surface area contributed by atoms with Gasteiger partial charge >= 0.3 is 5.97 Å². The lowest BCUT2D eigenvalue weighted by molar-refractivity contribution is -0.141. The van der Waals surface area contributed by atoms with Gasteiger partial charge in [-0.05, 0) is 6.42 Å². The number of hydrogen-bond donors (Lipinski definition) is 0. The van der Waals surface area contributed by atoms with E-state index in [-0.39, 0.29) is 11.9 Å². The lowest BCUT2D eigenvalue weighted by Crippen LogP contribution is -2.12. The average Bonchev–Trinajstić information content (AvgIpc) is 2.37. The van der Waals surface area contributed by atoms with Gasteiger partial charge in [0, 0.05) is 0 Å². The molecule has 0 saturated carbocycles. The summed E-state index contributed by atoms with van der Waals surface area (Å²) in [5.74, 6) is -0.411. The van der Waals surface area contributed by atoms with E-state index in [1.807, 2.05) is 0 Å². The molecule has 18 heavy (non-hydrogen) atoms. The maximum atomic E-state index is 11.4. The van der Waals surface area contributed by atoms with E-state index in [0.717, 1.165) is 12.8 Å². The highest BCUT2D eigenvalue weighted by molar-refractivity contribution is 5.74. The third-order valence-electron chi connectivity index (χ3n) is 3.16. The maximum Gasteiger partial charge on any atom is 0.317 e. The fourth-order valence-corrected chi connectivity index (χ4v) is 2.00. The van der Waals surface area contributed by atoms with Gasteiger partial charge in [-0.25, -0.2) is 0 Å². The second kappa shape index (κ2) is 12.4. The van der Waals surface area contributed by atoms with E-state index in [2.05, 4.69) is 20.1 Å². The van der Waals surface area contributed by atoms with Crippen LogP contribution in [-0.2, 0) is 9.53 Å². The summed E-state index contributed by atoms with van der Waals surface area (Å²) in [5.41, 5.74) is 0. The lowest BCUT2D eigenvalue weighted by atomic mass is 10.00. The van der Waals surface area contributed by atoms with Gasteiger partial charge in [0.05, 0.1) is 12.2 Å². The van der Waals surface area contributed by atoms with Gasteiger partial charge in [-0.2, -0.15) is 0 Å². The first-order chi connectivity index (χ1) is 8.76. The van der Waals surface area contributed by atoms with Crippen molar-refractivity contribution in [2.45, 2.75) is 64.7 Å². The van der Waals surface area contributed by atoms with Crippen LogP contribution in [0.15, 0.2) is 25.5 Å². The van der Waals surface area contributed by atoms with Crippen molar-refractivity contribution in [1.82, 2.24) is 0 Å². The van der Waals surface area contributed by atoms with Gasteiger partial charge in [0.15, 0.2) is 0 Å². The van der Waals surface area contributed by atoms with E-state index in [9.17, 15) is 4.79 Å². The molecule has 2 nitrogen and oxygen atoms in total. The minimum Gasteiger partial charge on any atom is -0.435 e. The number of esters is 1. The first kappa shape index (κ1) is 16.9. The molecule has 0 bridgehead atoms. The summed E-state index contributed by atoms with van der Waals surface area (Å²) in [6.07, 6.45) is 13.9. The van der Waals surface area contributed by atoms with Crippen molar-refractivity contribution in [3.05, 3.63) is 25.5 Å². The minimum atomic E-state index is -0.233. The zero-order valence-corrected chi connectivity index (χ0v) is 11.8. The number of hydrogen-bond acceptors (Lipinski definition) is 2. The molecule has 0 aliphatic carbocycles. The van der Waals surface area contributed by atoms with Crippen LogP contribution in [0.1, 0.15) is 64.7 Å². The van der Waals surface area contributed by atoms with E-state index in [1.54, 1.807) is 6.08 Å². The molecular formula is C16H28O2. The molecule has 0 fully saturated rings. The first-order valence-corrected chi connectivity index (χ1v) is 7.20. The molecule has 0 spiro atoms. The summed E-state index contributed by atoms with van der Waals surface area (Å²) < 4.78 is 4.77. The summed E-state index contributed by atoms with van der Waals surface area (Å²) in [6, 6.07) is 0. The molecule has 1 unspecified atom stereocenters. The summed E-state index contributed by atoms with van der Waals surface area (Å²) in [6.45, 7) is 9.30. The Bertz CT molecular complexity index is 233. The van der Waals surface area contributed by atoms with Crippen molar-refractivity contribution in [1.29, 1.82) is 0 Å². The monoisotopic (exact) mass is 252 g/mol. The predicted molar refractivity (Wildman–Crippen MR) is 77.2 cm³/mol. The summed E-state index contributed by atoms with van der Waals surface area (Å²) in [5, 5.41) is 0. The fraction of sp³-hybridized carbons (Fsp3) is 0.688. The van der Waals surface area contributed by atoms with Crippen molar-refractivity contribution in [2.24, 2.45) is 5.92 Å². The van der Waals surface area contributed by atoms with Crippen molar-refractivity contribution < 1.29 is 9.53 Å². The molecule has 104 valence electrons. The highest BCUT2D eigenvalue weighted by atomic mass is 16.5. The molecule has 0 aliphatic heterocycles. The standard InChI is InChI=1S/C16H28O2/c1-4-7-8-9-10-11-12-13-14-15(5-2)16(17)18-6-3/h5-6,15H,2-4,7-14H2,1H3. The summed E-state index contributed by atoms with van der Waals surface area (Å²) >= 11 is 0. The molecule has 1 atom stereocenters. The molecule has 0 rings (SSSR count). The van der Waals surface area contributed by atoms with Gasteiger partial charge in [0.2, 0.25) is 0 Å². The van der Waals surface area contributed by atoms with Crippen molar-refractivity contribution in [3.63, 3.8) is 0 Å². The van der Waals surface area contributed by atoms with Crippen LogP contribution >= 0.6 is 0 Å². The number of ether oxygens (including phenoxy) is 1. The summed E-state index contributed by atoms with van der Waals surface area (Å²) in [4.78, 5) is 11.4. The molecule has 0 aromatic carbocycles. The highest BCUT2D eigenvalue weighted by Gasteiger charge is 2.14. The van der Waals surface area contributed by atoms with E-state index in [1.165, 1.54) is 51.2 Å². The van der Waals surface area contributed by atoms with Crippen LogP contribution in [-0.4, -0.2) is 5.97 Å². The Balaban J connectivity index is 3.48. The molecule has 0 heterocycles. The zero-order valence-electron chi connectivity index (χ0n) is 11.8. The quantitative estimate of drug-likeness (QED) is 0.211. The second-order valence-electron chi connectivity index (χ2n) is 4.71. The van der Waals surface area contributed by atoms with Crippen LogP contribution in [0, 0.1) is 5.92 Å². The van der Waals surface area contributed by atoms with Gasteiger partial charge in [-0.3, -0.25) is 4.79 Å². The van der Waals surface area contributed by atoms with Gasteiger partial charge < -0.3 is 4.74 Å². The molecule has 0 radical (unpaired) electrons. The topological polar surface area (TPSA) is 26.3 Å². The Labute approximate surface area is 112 Å². The van der Waals surface area contributed by atoms with Gasteiger partial charge in [0.1, 0.15) is 0 Å². The minimum absolute atomic E-state index is 0.178. The van der Waals surface area contributed by atoms with E-state index >= 15 is 0 Å². The molecule has 0 N–H and O–H groups in total. The fourth-order valence-electron chi connectivity index (χ4n) is 2.00. The molecule has 0 amide bonds. The van der Waals surface area contributed by atoms with Crippen molar-refractivity contribution in [2.75, 3.05) is 0 Å². The third-order valence-corrected chi connectivity index (χ3v) is 3.16. The molecule has 0 aromatic heterocycles. The Kier molecular flexibility index (Phi) is 11.7. The normalized spacial score (nSPS) is 11.8. The van der Waals surface area contributed by atoms with Crippen molar-refractivity contribution in [3.8, 4) is 0 Å². The second-order valence-corrected chi connectivity index (χ2v) is 4.71. The average molecular weight is 252 g/mol. The Morgan fingerprint density at radius 3 is 2.11 bits per heavy atom. The van der Waals surface area contributed by atoms with Crippen LogP contribution in [0.2, 0.25) is 0 Å². The Hall–Kier alpha value is -1.05. The van der Waals surface area contributed by atoms with Crippen molar-refractivity contribution >= 4 is 5.97 Å². The Morgan fingerprint density at radius 2 is 1.61 bits per heavy atom. The lowest BCUT2D eigenvalue weighted by Gasteiger charge is -2.09. The molecule has 0 aliphatic rings. The van der Waals surface area contributed by atoms with Crippen LogP contribution in [0.5, 0.6) is 0 Å². The number of unbranched alkanes of at least 4 members (excludes halogenated alkanes) is 7. The van der Waals surface area contributed by atoms with E-state index in [0.29, 0.717) is 0 Å². The van der Waals surface area contributed by atoms with Gasteiger partial charge in [-0.15, -0.1) is 6.58 Å². The molecule has 2 heteroatoms. The third kappa shape index (κ3) is 9.03. The van der Waals surface area contributed by atoms with Gasteiger partial charge in [0.25, 0.3) is 0 Å². The maximum absolute atomic E-state index is 11.4. The predicted octanol–water partition coefficient (Wildman–Crippen LogP) is 5.01. The van der Waals surface area contributed by atoms with Crippen LogP contribution in [0.25, 0.3) is 0 Å².